The fourth-order valence-corrected chi connectivity index (χ4v) is 2.89. The van der Waals surface area contributed by atoms with E-state index >= 15 is 0 Å². The number of fused-ring (bicyclic) bond motifs is 1. The van der Waals surface area contributed by atoms with Gasteiger partial charge in [0.05, 0.1) is 22.2 Å². The number of nitrogens with zero attached hydrogens (tertiary/aromatic N) is 3. The van der Waals surface area contributed by atoms with Crippen LogP contribution >= 0.6 is 0 Å². The maximum absolute atomic E-state index is 12.7. The largest absolute Gasteiger partial charge is 0.506 e. The number of hydrogen-bond acceptors (Lipinski definition) is 6. The van der Waals surface area contributed by atoms with E-state index in [1.165, 1.54) is 22.8 Å². The number of carbonyl (C=O) groups is 1. The first-order valence-electron chi connectivity index (χ1n) is 8.37. The van der Waals surface area contributed by atoms with E-state index in [0.717, 1.165) is 6.21 Å². The summed E-state index contributed by atoms with van der Waals surface area (Å²) >= 11 is 0. The van der Waals surface area contributed by atoms with E-state index in [2.05, 4.69) is 10.5 Å². The fraction of sp³-hybridized carbons (Fsp3) is 0.105. The Hall–Kier alpha value is -4.01. The molecule has 0 saturated heterocycles. The van der Waals surface area contributed by atoms with Crippen molar-refractivity contribution in [2.24, 2.45) is 5.10 Å². The van der Waals surface area contributed by atoms with Crippen molar-refractivity contribution in [2.75, 3.05) is 0 Å². The van der Waals surface area contributed by atoms with Crippen LogP contribution in [0.25, 0.3) is 10.9 Å². The second kappa shape index (κ2) is 7.70. The number of benzene rings is 2. The van der Waals surface area contributed by atoms with Crippen LogP contribution in [0.3, 0.4) is 0 Å². The molecule has 1 amide bonds. The first kappa shape index (κ1) is 18.8. The van der Waals surface area contributed by atoms with Crippen molar-refractivity contribution in [3.63, 3.8) is 0 Å². The van der Waals surface area contributed by atoms with Crippen LogP contribution in [-0.2, 0) is 6.54 Å². The van der Waals surface area contributed by atoms with Crippen molar-refractivity contribution in [1.29, 1.82) is 0 Å². The third kappa shape index (κ3) is 3.32. The predicted molar refractivity (Wildman–Crippen MR) is 104 cm³/mol. The average Bonchev–Trinajstić information content (AvgIpc) is 2.69. The molecule has 0 aliphatic rings. The van der Waals surface area contributed by atoms with E-state index in [-0.39, 0.29) is 11.3 Å². The van der Waals surface area contributed by atoms with Gasteiger partial charge >= 0.3 is 0 Å². The van der Waals surface area contributed by atoms with Crippen LogP contribution in [0.2, 0.25) is 0 Å². The van der Waals surface area contributed by atoms with Crippen molar-refractivity contribution < 1.29 is 14.8 Å². The van der Waals surface area contributed by atoms with Crippen LogP contribution in [0.15, 0.2) is 58.4 Å². The van der Waals surface area contributed by atoms with Gasteiger partial charge in [-0.15, -0.1) is 0 Å². The third-order valence-corrected chi connectivity index (χ3v) is 4.19. The SMILES string of the molecule is CCn1c(=O)c(C(=O)N/N=C/c2ccccc2[N+](=O)[O-])c(O)c2ccccc21. The zero-order valence-electron chi connectivity index (χ0n) is 14.8. The number of hydrogen-bond donors (Lipinski definition) is 2. The van der Waals surface area contributed by atoms with E-state index in [1.807, 2.05) is 0 Å². The fourth-order valence-electron chi connectivity index (χ4n) is 2.89. The number of rotatable bonds is 5. The summed E-state index contributed by atoms with van der Waals surface area (Å²) in [5.41, 5.74) is 1.56. The quantitative estimate of drug-likeness (QED) is 0.399. The zero-order valence-corrected chi connectivity index (χ0v) is 14.8. The maximum atomic E-state index is 12.7. The van der Waals surface area contributed by atoms with E-state index in [9.17, 15) is 24.8 Å². The van der Waals surface area contributed by atoms with Gasteiger partial charge in [-0.25, -0.2) is 5.43 Å². The molecule has 3 aromatic rings. The minimum absolute atomic E-state index is 0.178. The van der Waals surface area contributed by atoms with Gasteiger partial charge < -0.3 is 9.67 Å². The molecule has 1 aromatic heterocycles. The molecular formula is C19H16N4O5. The number of amides is 1. The van der Waals surface area contributed by atoms with Gasteiger partial charge in [-0.2, -0.15) is 5.10 Å². The van der Waals surface area contributed by atoms with Gasteiger partial charge in [0.2, 0.25) is 0 Å². The Labute approximate surface area is 158 Å². The van der Waals surface area contributed by atoms with E-state index in [0.29, 0.717) is 17.4 Å². The molecule has 2 N–H and O–H groups in total. The summed E-state index contributed by atoms with van der Waals surface area (Å²) in [6.07, 6.45) is 1.10. The number of para-hydroxylation sites is 2. The lowest BCUT2D eigenvalue weighted by Gasteiger charge is -2.12. The van der Waals surface area contributed by atoms with Gasteiger partial charge in [-0.3, -0.25) is 19.7 Å². The van der Waals surface area contributed by atoms with E-state index < -0.39 is 27.7 Å². The Morgan fingerprint density at radius 1 is 1.25 bits per heavy atom. The Morgan fingerprint density at radius 2 is 1.93 bits per heavy atom. The summed E-state index contributed by atoms with van der Waals surface area (Å²) in [6.45, 7) is 2.05. The number of aryl methyl sites for hydroxylation is 1. The molecule has 0 radical (unpaired) electrons. The number of nitrogens with one attached hydrogen (secondary N) is 1. The van der Waals surface area contributed by atoms with Crippen LogP contribution in [-0.4, -0.2) is 26.7 Å². The molecule has 0 unspecified atom stereocenters. The molecule has 0 atom stereocenters. The summed E-state index contributed by atoms with van der Waals surface area (Å²) in [6, 6.07) is 12.5. The Balaban J connectivity index is 1.97. The molecule has 142 valence electrons. The standard InChI is InChI=1S/C19H16N4O5/c1-2-22-15-10-6-4-8-13(15)17(24)16(19(22)26)18(25)21-20-11-12-7-3-5-9-14(12)23(27)28/h3-11,24H,2H2,1H3,(H,21,25)/b20-11+. The average molecular weight is 380 g/mol. The highest BCUT2D eigenvalue weighted by Gasteiger charge is 2.21. The number of aromatic nitrogens is 1. The first-order chi connectivity index (χ1) is 13.5. The van der Waals surface area contributed by atoms with Gasteiger partial charge in [0.1, 0.15) is 11.3 Å². The molecule has 0 saturated carbocycles. The first-order valence-corrected chi connectivity index (χ1v) is 8.37. The molecule has 0 bridgehead atoms. The number of carbonyl (C=O) groups excluding carboxylic acids is 1. The third-order valence-electron chi connectivity index (χ3n) is 4.19. The minimum atomic E-state index is -0.912. The van der Waals surface area contributed by atoms with Gasteiger partial charge in [-0.1, -0.05) is 24.3 Å². The number of aromatic hydroxyl groups is 1. The van der Waals surface area contributed by atoms with Gasteiger partial charge in [0, 0.05) is 18.0 Å². The Kier molecular flexibility index (Phi) is 5.16. The van der Waals surface area contributed by atoms with Crippen LogP contribution in [0, 0.1) is 10.1 Å². The monoisotopic (exact) mass is 380 g/mol. The summed E-state index contributed by atoms with van der Waals surface area (Å²) in [5.74, 6) is -1.35. The smallest absolute Gasteiger partial charge is 0.280 e. The highest BCUT2D eigenvalue weighted by atomic mass is 16.6. The Bertz CT molecular complexity index is 1170. The number of hydrazone groups is 1. The lowest BCUT2D eigenvalue weighted by molar-refractivity contribution is -0.385. The molecule has 0 fully saturated rings. The topological polar surface area (TPSA) is 127 Å². The highest BCUT2D eigenvalue weighted by Crippen LogP contribution is 2.26. The molecule has 1 heterocycles. The van der Waals surface area contributed by atoms with Crippen molar-refractivity contribution in [3.8, 4) is 5.75 Å². The van der Waals surface area contributed by atoms with E-state index in [4.69, 9.17) is 0 Å². The zero-order chi connectivity index (χ0) is 20.3. The molecule has 9 heteroatoms. The molecule has 9 nitrogen and oxygen atoms in total. The lowest BCUT2D eigenvalue weighted by atomic mass is 10.1. The molecule has 0 aliphatic carbocycles. The summed E-state index contributed by atoms with van der Waals surface area (Å²) in [7, 11) is 0. The summed E-state index contributed by atoms with van der Waals surface area (Å²) in [4.78, 5) is 35.6. The predicted octanol–water partition coefficient (Wildman–Crippen LogP) is 2.40. The molecular weight excluding hydrogens is 364 g/mol. The highest BCUT2D eigenvalue weighted by molar-refractivity contribution is 6.02. The molecule has 28 heavy (non-hydrogen) atoms. The maximum Gasteiger partial charge on any atom is 0.280 e. The Morgan fingerprint density at radius 3 is 2.64 bits per heavy atom. The van der Waals surface area contributed by atoms with Crippen molar-refractivity contribution in [3.05, 3.63) is 80.1 Å². The van der Waals surface area contributed by atoms with Gasteiger partial charge in [0.25, 0.3) is 17.2 Å². The van der Waals surface area contributed by atoms with Crippen molar-refractivity contribution in [2.45, 2.75) is 13.5 Å². The number of pyridine rings is 1. The normalized spacial score (nSPS) is 11.0. The number of nitro benzene ring substituents is 1. The second-order valence-electron chi connectivity index (χ2n) is 5.81. The number of nitro groups is 1. The van der Waals surface area contributed by atoms with E-state index in [1.54, 1.807) is 37.3 Å². The van der Waals surface area contributed by atoms with Crippen LogP contribution in [0.5, 0.6) is 5.75 Å². The van der Waals surface area contributed by atoms with Crippen LogP contribution < -0.4 is 11.0 Å². The molecule has 0 aliphatic heterocycles. The van der Waals surface area contributed by atoms with Crippen LogP contribution in [0.1, 0.15) is 22.8 Å². The van der Waals surface area contributed by atoms with Crippen molar-refractivity contribution in [1.82, 2.24) is 9.99 Å². The summed E-state index contributed by atoms with van der Waals surface area (Å²) < 4.78 is 1.37. The van der Waals surface area contributed by atoms with Gasteiger partial charge in [-0.05, 0) is 25.1 Å². The van der Waals surface area contributed by atoms with Crippen molar-refractivity contribution >= 4 is 28.7 Å². The second-order valence-corrected chi connectivity index (χ2v) is 5.81. The molecule has 3 rings (SSSR count). The summed E-state index contributed by atoms with van der Waals surface area (Å²) in [5, 5.41) is 25.5. The minimum Gasteiger partial charge on any atom is -0.506 e. The lowest BCUT2D eigenvalue weighted by Crippen LogP contribution is -2.31. The van der Waals surface area contributed by atoms with Crippen LogP contribution in [0.4, 0.5) is 5.69 Å². The molecule has 0 spiro atoms. The van der Waals surface area contributed by atoms with Gasteiger partial charge in [0.15, 0.2) is 0 Å². The molecule has 2 aromatic carbocycles.